The SMILES string of the molecule is CSCc1ccc(CNC(C)C(N)=O)o1. The normalized spacial score (nSPS) is 12.7. The third kappa shape index (κ3) is 3.97. The van der Waals surface area contributed by atoms with Gasteiger partial charge in [0.15, 0.2) is 0 Å². The fourth-order valence-electron chi connectivity index (χ4n) is 1.09. The summed E-state index contributed by atoms with van der Waals surface area (Å²) in [6, 6.07) is 3.52. The van der Waals surface area contributed by atoms with Crippen LogP contribution in [0.15, 0.2) is 16.5 Å². The summed E-state index contributed by atoms with van der Waals surface area (Å²) in [7, 11) is 0. The van der Waals surface area contributed by atoms with Gasteiger partial charge in [0, 0.05) is 0 Å². The van der Waals surface area contributed by atoms with E-state index in [9.17, 15) is 4.79 Å². The Kier molecular flexibility index (Phi) is 4.71. The van der Waals surface area contributed by atoms with Crippen molar-refractivity contribution in [3.63, 3.8) is 0 Å². The van der Waals surface area contributed by atoms with Gasteiger partial charge in [0.25, 0.3) is 0 Å². The molecule has 1 heterocycles. The van der Waals surface area contributed by atoms with E-state index in [-0.39, 0.29) is 11.9 Å². The van der Waals surface area contributed by atoms with Crippen molar-refractivity contribution in [3.8, 4) is 0 Å². The van der Waals surface area contributed by atoms with Crippen molar-refractivity contribution in [3.05, 3.63) is 23.7 Å². The molecule has 0 saturated carbocycles. The van der Waals surface area contributed by atoms with E-state index in [1.165, 1.54) is 0 Å². The average molecular weight is 228 g/mol. The Balaban J connectivity index is 2.40. The number of carbonyl (C=O) groups excluding carboxylic acids is 1. The Bertz CT molecular complexity index is 325. The van der Waals surface area contributed by atoms with E-state index in [0.717, 1.165) is 17.3 Å². The molecule has 0 aliphatic rings. The van der Waals surface area contributed by atoms with E-state index in [2.05, 4.69) is 5.32 Å². The Morgan fingerprint density at radius 2 is 2.27 bits per heavy atom. The maximum absolute atomic E-state index is 10.8. The van der Waals surface area contributed by atoms with Crippen LogP contribution in [-0.4, -0.2) is 18.2 Å². The van der Waals surface area contributed by atoms with E-state index < -0.39 is 0 Å². The Labute approximate surface area is 93.6 Å². The van der Waals surface area contributed by atoms with Crippen molar-refractivity contribution >= 4 is 17.7 Å². The van der Waals surface area contributed by atoms with Crippen LogP contribution < -0.4 is 11.1 Å². The highest BCUT2D eigenvalue weighted by molar-refractivity contribution is 7.97. The van der Waals surface area contributed by atoms with Crippen LogP contribution in [0.4, 0.5) is 0 Å². The molecule has 4 nitrogen and oxygen atoms in total. The number of rotatable bonds is 6. The largest absolute Gasteiger partial charge is 0.464 e. The number of thioether (sulfide) groups is 1. The van der Waals surface area contributed by atoms with Crippen LogP contribution in [0.3, 0.4) is 0 Å². The Morgan fingerprint density at radius 1 is 1.60 bits per heavy atom. The molecular weight excluding hydrogens is 212 g/mol. The second kappa shape index (κ2) is 5.82. The van der Waals surface area contributed by atoms with Crippen LogP contribution in [0.1, 0.15) is 18.4 Å². The van der Waals surface area contributed by atoms with Crippen LogP contribution in [0.25, 0.3) is 0 Å². The van der Waals surface area contributed by atoms with Gasteiger partial charge < -0.3 is 10.2 Å². The topological polar surface area (TPSA) is 68.3 Å². The van der Waals surface area contributed by atoms with Gasteiger partial charge in [-0.15, -0.1) is 0 Å². The smallest absolute Gasteiger partial charge is 0.234 e. The van der Waals surface area contributed by atoms with Crippen molar-refractivity contribution in [1.82, 2.24) is 5.32 Å². The molecule has 0 aliphatic carbocycles. The fourth-order valence-corrected chi connectivity index (χ4v) is 1.53. The molecule has 3 N–H and O–H groups in total. The highest BCUT2D eigenvalue weighted by atomic mass is 32.2. The Morgan fingerprint density at radius 3 is 2.87 bits per heavy atom. The summed E-state index contributed by atoms with van der Waals surface area (Å²) in [4.78, 5) is 10.8. The fraction of sp³-hybridized carbons (Fsp3) is 0.500. The molecule has 1 amide bonds. The Hall–Kier alpha value is -0.940. The average Bonchev–Trinajstić information content (AvgIpc) is 2.62. The minimum Gasteiger partial charge on any atom is -0.464 e. The number of carbonyl (C=O) groups is 1. The van der Waals surface area contributed by atoms with E-state index in [0.29, 0.717) is 6.54 Å². The lowest BCUT2D eigenvalue weighted by atomic mass is 10.3. The molecule has 0 fully saturated rings. The maximum atomic E-state index is 10.8. The molecule has 0 aromatic carbocycles. The first kappa shape index (κ1) is 12.1. The number of primary amides is 1. The van der Waals surface area contributed by atoms with Crippen molar-refractivity contribution in [2.24, 2.45) is 5.73 Å². The van der Waals surface area contributed by atoms with Crippen LogP contribution in [0, 0.1) is 0 Å². The number of hydrogen-bond acceptors (Lipinski definition) is 4. The van der Waals surface area contributed by atoms with Crippen molar-refractivity contribution in [2.45, 2.75) is 25.3 Å². The summed E-state index contributed by atoms with van der Waals surface area (Å²) in [6.45, 7) is 2.26. The van der Waals surface area contributed by atoms with E-state index >= 15 is 0 Å². The lowest BCUT2D eigenvalue weighted by molar-refractivity contribution is -0.119. The predicted molar refractivity (Wildman–Crippen MR) is 61.4 cm³/mol. The van der Waals surface area contributed by atoms with Crippen molar-refractivity contribution in [1.29, 1.82) is 0 Å². The molecule has 1 unspecified atom stereocenters. The molecule has 15 heavy (non-hydrogen) atoms. The highest BCUT2D eigenvalue weighted by Crippen LogP contribution is 2.13. The molecule has 1 rings (SSSR count). The predicted octanol–water partition coefficient (Wildman–Crippen LogP) is 1.11. The molecule has 1 atom stereocenters. The number of hydrogen-bond donors (Lipinski definition) is 2. The van der Waals surface area contributed by atoms with E-state index in [4.69, 9.17) is 10.2 Å². The molecule has 0 radical (unpaired) electrons. The molecule has 5 heteroatoms. The van der Waals surface area contributed by atoms with Crippen LogP contribution in [0.2, 0.25) is 0 Å². The third-order valence-electron chi connectivity index (χ3n) is 2.01. The van der Waals surface area contributed by atoms with Gasteiger partial charge in [-0.1, -0.05) is 0 Å². The van der Waals surface area contributed by atoms with E-state index in [1.54, 1.807) is 18.7 Å². The zero-order valence-corrected chi connectivity index (χ0v) is 9.76. The van der Waals surface area contributed by atoms with Crippen molar-refractivity contribution < 1.29 is 9.21 Å². The number of nitrogens with two attached hydrogens (primary N) is 1. The van der Waals surface area contributed by atoms with Gasteiger partial charge in [-0.2, -0.15) is 11.8 Å². The summed E-state index contributed by atoms with van der Waals surface area (Å²) in [5.74, 6) is 2.29. The van der Waals surface area contributed by atoms with Crippen LogP contribution in [-0.2, 0) is 17.1 Å². The summed E-state index contributed by atoms with van der Waals surface area (Å²) in [5, 5.41) is 2.98. The summed E-state index contributed by atoms with van der Waals surface area (Å²) < 4.78 is 5.52. The molecule has 84 valence electrons. The number of furan rings is 1. The first-order chi connectivity index (χ1) is 7.13. The lowest BCUT2D eigenvalue weighted by Crippen LogP contribution is -2.38. The minimum absolute atomic E-state index is 0.334. The third-order valence-corrected chi connectivity index (χ3v) is 2.59. The molecule has 0 spiro atoms. The molecule has 0 saturated heterocycles. The second-order valence-electron chi connectivity index (χ2n) is 3.31. The quantitative estimate of drug-likeness (QED) is 0.765. The number of amides is 1. The van der Waals surface area contributed by atoms with Gasteiger partial charge >= 0.3 is 0 Å². The highest BCUT2D eigenvalue weighted by Gasteiger charge is 2.08. The van der Waals surface area contributed by atoms with Gasteiger partial charge in [-0.05, 0) is 25.3 Å². The zero-order chi connectivity index (χ0) is 11.3. The van der Waals surface area contributed by atoms with Gasteiger partial charge in [0.05, 0.1) is 18.3 Å². The molecule has 0 aliphatic heterocycles. The van der Waals surface area contributed by atoms with Gasteiger partial charge in [0.1, 0.15) is 11.5 Å². The first-order valence-electron chi connectivity index (χ1n) is 4.72. The van der Waals surface area contributed by atoms with Crippen molar-refractivity contribution in [2.75, 3.05) is 6.26 Å². The first-order valence-corrected chi connectivity index (χ1v) is 6.12. The zero-order valence-electron chi connectivity index (χ0n) is 8.95. The minimum atomic E-state index is -0.356. The summed E-state index contributed by atoms with van der Waals surface area (Å²) in [5.41, 5.74) is 5.12. The maximum Gasteiger partial charge on any atom is 0.234 e. The monoisotopic (exact) mass is 228 g/mol. The molecule has 1 aromatic heterocycles. The van der Waals surface area contributed by atoms with Gasteiger partial charge in [-0.25, -0.2) is 0 Å². The van der Waals surface area contributed by atoms with Crippen LogP contribution in [0.5, 0.6) is 0 Å². The summed E-state index contributed by atoms with van der Waals surface area (Å²) >= 11 is 1.71. The van der Waals surface area contributed by atoms with Gasteiger partial charge in [0.2, 0.25) is 5.91 Å². The summed E-state index contributed by atoms with van der Waals surface area (Å²) in [6.07, 6.45) is 2.02. The number of nitrogens with one attached hydrogen (secondary N) is 1. The van der Waals surface area contributed by atoms with Gasteiger partial charge in [-0.3, -0.25) is 10.1 Å². The second-order valence-corrected chi connectivity index (χ2v) is 4.17. The van der Waals surface area contributed by atoms with E-state index in [1.807, 2.05) is 18.4 Å². The molecular formula is C10H16N2O2S. The molecule has 0 bridgehead atoms. The lowest BCUT2D eigenvalue weighted by Gasteiger charge is -2.07. The standard InChI is InChI=1S/C10H16N2O2S/c1-7(10(11)13)12-5-8-3-4-9(14-8)6-15-2/h3-4,7,12H,5-6H2,1-2H3,(H2,11,13). The van der Waals surface area contributed by atoms with Crippen LogP contribution >= 0.6 is 11.8 Å². The molecule has 1 aromatic rings.